The Morgan fingerprint density at radius 1 is 1.39 bits per heavy atom. The molecular weight excluding hydrogens is 432 g/mol. The molecule has 0 unspecified atom stereocenters. The minimum absolute atomic E-state index is 0.0417. The zero-order chi connectivity index (χ0) is 22.6. The Morgan fingerprint density at radius 3 is 2.84 bits per heavy atom. The number of aromatic nitrogens is 3. The monoisotopic (exact) mass is 447 g/mol. The van der Waals surface area contributed by atoms with Crippen LogP contribution in [0.2, 0.25) is 5.15 Å². The van der Waals surface area contributed by atoms with Gasteiger partial charge in [-0.2, -0.15) is 18.8 Å². The molecule has 0 amide bonds. The molecule has 2 heterocycles. The van der Waals surface area contributed by atoms with Gasteiger partial charge in [-0.15, -0.1) is 0 Å². The number of ether oxygens (including phenoxy) is 1. The van der Waals surface area contributed by atoms with Gasteiger partial charge in [0.25, 0.3) is 11.3 Å². The van der Waals surface area contributed by atoms with Crippen molar-refractivity contribution in [3.05, 3.63) is 85.8 Å². The Morgan fingerprint density at radius 2 is 2.16 bits per heavy atom. The maximum absolute atomic E-state index is 14.4. The van der Waals surface area contributed by atoms with Crippen molar-refractivity contribution in [1.82, 2.24) is 9.97 Å². The third-order valence-corrected chi connectivity index (χ3v) is 4.72. The number of benzene rings is 1. The topological polar surface area (TPSA) is 118 Å². The number of anilines is 1. The largest absolute Gasteiger partial charge is 0.618 e. The number of nitrogens with zero attached hydrogens (tertiary/aromatic N) is 3. The normalized spacial score (nSPS) is 11.1. The van der Waals surface area contributed by atoms with Gasteiger partial charge in [-0.05, 0) is 29.8 Å². The van der Waals surface area contributed by atoms with Gasteiger partial charge in [-0.1, -0.05) is 11.6 Å². The van der Waals surface area contributed by atoms with Gasteiger partial charge in [0.05, 0.1) is 31.0 Å². The number of halogens is 3. The van der Waals surface area contributed by atoms with E-state index in [1.165, 1.54) is 19.2 Å². The van der Waals surface area contributed by atoms with Gasteiger partial charge in [0.1, 0.15) is 10.9 Å². The highest BCUT2D eigenvalue weighted by atomic mass is 35.5. The van der Waals surface area contributed by atoms with E-state index in [9.17, 15) is 24.0 Å². The molecular formula is C20H16ClF2N5O3. The molecule has 31 heavy (non-hydrogen) atoms. The SMILES string of the molecule is COc1ccc(C#N)c(Cc2nc(NCC(F)(F)c3cccc[n+]3[O-])c(=O)[nH]c2Cl)c1. The quantitative estimate of drug-likeness (QED) is 0.424. The molecule has 1 aromatic carbocycles. The molecule has 8 nitrogen and oxygen atoms in total. The third kappa shape index (κ3) is 4.90. The molecule has 0 radical (unpaired) electrons. The molecule has 2 aromatic heterocycles. The van der Waals surface area contributed by atoms with Crippen LogP contribution in [0.25, 0.3) is 0 Å². The number of alkyl halides is 2. The molecule has 11 heteroatoms. The highest BCUT2D eigenvalue weighted by Crippen LogP contribution is 2.26. The summed E-state index contributed by atoms with van der Waals surface area (Å²) < 4.78 is 34.1. The molecule has 160 valence electrons. The highest BCUT2D eigenvalue weighted by molar-refractivity contribution is 6.30. The van der Waals surface area contributed by atoms with Crippen LogP contribution >= 0.6 is 11.6 Å². The molecule has 0 fully saturated rings. The summed E-state index contributed by atoms with van der Waals surface area (Å²) in [6.07, 6.45) is 0.996. The van der Waals surface area contributed by atoms with E-state index < -0.39 is 29.5 Å². The molecule has 0 spiro atoms. The van der Waals surface area contributed by atoms with Crippen LogP contribution in [-0.4, -0.2) is 23.6 Å². The molecule has 0 aliphatic rings. The summed E-state index contributed by atoms with van der Waals surface area (Å²) in [5.74, 6) is -3.47. The molecule has 0 saturated heterocycles. The molecule has 0 aliphatic carbocycles. The van der Waals surface area contributed by atoms with Crippen LogP contribution < -0.4 is 20.3 Å². The Labute approximate surface area is 180 Å². The fourth-order valence-corrected chi connectivity index (χ4v) is 3.03. The van der Waals surface area contributed by atoms with Gasteiger partial charge in [0.15, 0.2) is 12.0 Å². The van der Waals surface area contributed by atoms with Crippen LogP contribution in [0.15, 0.2) is 47.4 Å². The first-order valence-electron chi connectivity index (χ1n) is 8.91. The Hall–Kier alpha value is -3.71. The molecule has 0 bridgehead atoms. The first-order valence-corrected chi connectivity index (χ1v) is 9.29. The number of H-pyrrole nitrogens is 1. The summed E-state index contributed by atoms with van der Waals surface area (Å²) in [5, 5.41) is 23.1. The molecule has 0 atom stereocenters. The lowest BCUT2D eigenvalue weighted by Gasteiger charge is -2.16. The predicted octanol–water partition coefficient (Wildman–Crippen LogP) is 2.73. The van der Waals surface area contributed by atoms with Crippen molar-refractivity contribution in [3.63, 3.8) is 0 Å². The molecule has 3 aromatic rings. The van der Waals surface area contributed by atoms with E-state index in [0.717, 1.165) is 12.3 Å². The highest BCUT2D eigenvalue weighted by Gasteiger charge is 2.39. The minimum atomic E-state index is -3.57. The van der Waals surface area contributed by atoms with Crippen molar-refractivity contribution in [2.24, 2.45) is 0 Å². The lowest BCUT2D eigenvalue weighted by Crippen LogP contribution is -2.41. The van der Waals surface area contributed by atoms with Gasteiger partial charge >= 0.3 is 5.92 Å². The zero-order valence-electron chi connectivity index (χ0n) is 16.2. The number of rotatable bonds is 7. The van der Waals surface area contributed by atoms with Crippen LogP contribution in [0.4, 0.5) is 14.6 Å². The standard InChI is InChI=1S/C20H16ClF2N5O3/c1-31-14-6-5-12(10-24)13(8-14)9-15-17(21)27-19(29)18(26-15)25-11-20(22,23)16-4-2-3-7-28(16)30/h2-8H,9,11H2,1H3,(H,25,26)(H,27,29). The van der Waals surface area contributed by atoms with Gasteiger partial charge < -0.3 is 20.2 Å². The van der Waals surface area contributed by atoms with Crippen molar-refractivity contribution in [2.75, 3.05) is 19.0 Å². The van der Waals surface area contributed by atoms with Crippen molar-refractivity contribution in [3.8, 4) is 11.8 Å². The fourth-order valence-electron chi connectivity index (χ4n) is 2.83. The third-order valence-electron chi connectivity index (χ3n) is 4.41. The zero-order valence-corrected chi connectivity index (χ0v) is 16.9. The van der Waals surface area contributed by atoms with Gasteiger partial charge in [0.2, 0.25) is 0 Å². The molecule has 0 aliphatic heterocycles. The number of hydrogen-bond donors (Lipinski definition) is 2. The maximum Gasteiger partial charge on any atom is 0.347 e. The summed E-state index contributed by atoms with van der Waals surface area (Å²) in [5.41, 5.74) is -0.552. The van der Waals surface area contributed by atoms with Crippen LogP contribution in [0.5, 0.6) is 5.75 Å². The lowest BCUT2D eigenvalue weighted by atomic mass is 10.0. The summed E-state index contributed by atoms with van der Waals surface area (Å²) in [4.78, 5) is 18.5. The first-order chi connectivity index (χ1) is 14.7. The van der Waals surface area contributed by atoms with Crippen LogP contribution in [0, 0.1) is 16.5 Å². The van der Waals surface area contributed by atoms with E-state index in [0.29, 0.717) is 16.9 Å². The first kappa shape index (κ1) is 22.0. The summed E-state index contributed by atoms with van der Waals surface area (Å²) >= 11 is 6.07. The lowest BCUT2D eigenvalue weighted by molar-refractivity contribution is -0.624. The predicted molar refractivity (Wildman–Crippen MR) is 108 cm³/mol. The van der Waals surface area contributed by atoms with Gasteiger partial charge in [-0.3, -0.25) is 4.79 Å². The fraction of sp³-hybridized carbons (Fsp3) is 0.200. The average Bonchev–Trinajstić information content (AvgIpc) is 2.74. The second-order valence-electron chi connectivity index (χ2n) is 6.46. The number of nitrogens with one attached hydrogen (secondary N) is 2. The van der Waals surface area contributed by atoms with Crippen molar-refractivity contribution in [1.29, 1.82) is 5.26 Å². The summed E-state index contributed by atoms with van der Waals surface area (Å²) in [7, 11) is 1.47. The van der Waals surface area contributed by atoms with Crippen LogP contribution in [0.3, 0.4) is 0 Å². The second kappa shape index (κ2) is 8.97. The van der Waals surface area contributed by atoms with E-state index in [-0.39, 0.29) is 22.0 Å². The van der Waals surface area contributed by atoms with Gasteiger partial charge in [-0.25, -0.2) is 4.98 Å². The number of pyridine rings is 1. The van der Waals surface area contributed by atoms with Crippen molar-refractivity contribution in [2.45, 2.75) is 12.3 Å². The maximum atomic E-state index is 14.4. The minimum Gasteiger partial charge on any atom is -0.618 e. The number of aromatic amines is 1. The molecule has 2 N–H and O–H groups in total. The number of methoxy groups -OCH3 is 1. The summed E-state index contributed by atoms with van der Waals surface area (Å²) in [6.45, 7) is -1.04. The molecule has 0 saturated carbocycles. The summed E-state index contributed by atoms with van der Waals surface area (Å²) in [6, 6.07) is 10.5. The number of hydrogen-bond acceptors (Lipinski definition) is 6. The van der Waals surface area contributed by atoms with E-state index in [1.54, 1.807) is 18.2 Å². The van der Waals surface area contributed by atoms with Crippen LogP contribution in [-0.2, 0) is 12.3 Å². The Bertz CT molecular complexity index is 1210. The van der Waals surface area contributed by atoms with E-state index >= 15 is 0 Å². The van der Waals surface area contributed by atoms with E-state index in [2.05, 4.69) is 15.3 Å². The Kier molecular flexibility index (Phi) is 6.36. The van der Waals surface area contributed by atoms with Gasteiger partial charge in [0, 0.05) is 18.6 Å². The smallest absolute Gasteiger partial charge is 0.347 e. The Balaban J connectivity index is 1.88. The van der Waals surface area contributed by atoms with Crippen molar-refractivity contribution >= 4 is 17.4 Å². The van der Waals surface area contributed by atoms with Crippen LogP contribution in [0.1, 0.15) is 22.5 Å². The molecule has 3 rings (SSSR count). The van der Waals surface area contributed by atoms with E-state index in [4.69, 9.17) is 16.3 Å². The number of nitriles is 1. The average molecular weight is 448 g/mol. The van der Waals surface area contributed by atoms with E-state index in [1.807, 2.05) is 6.07 Å². The van der Waals surface area contributed by atoms with Crippen molar-refractivity contribution < 1.29 is 18.2 Å². The second-order valence-corrected chi connectivity index (χ2v) is 6.83.